The monoisotopic (exact) mass is 326 g/mol. The van der Waals surface area contributed by atoms with Crippen molar-refractivity contribution < 1.29 is 14.3 Å². The van der Waals surface area contributed by atoms with E-state index in [-0.39, 0.29) is 18.4 Å². The van der Waals surface area contributed by atoms with Crippen LogP contribution in [0.3, 0.4) is 0 Å². The van der Waals surface area contributed by atoms with E-state index in [4.69, 9.17) is 4.74 Å². The second-order valence-corrected chi connectivity index (χ2v) is 5.50. The van der Waals surface area contributed by atoms with Gasteiger partial charge in [0.05, 0.1) is 13.7 Å². The van der Waals surface area contributed by atoms with Gasteiger partial charge in [0.15, 0.2) is 0 Å². The summed E-state index contributed by atoms with van der Waals surface area (Å²) in [5.41, 5.74) is 2.71. The van der Waals surface area contributed by atoms with Crippen LogP contribution in [0, 0.1) is 6.92 Å². The summed E-state index contributed by atoms with van der Waals surface area (Å²) in [7, 11) is 1.62. The highest BCUT2D eigenvalue weighted by Gasteiger charge is 2.07. The van der Waals surface area contributed by atoms with Crippen molar-refractivity contribution in [2.75, 3.05) is 20.2 Å². The molecule has 0 bridgehead atoms. The van der Waals surface area contributed by atoms with Crippen molar-refractivity contribution in [3.05, 3.63) is 65.2 Å². The van der Waals surface area contributed by atoms with E-state index in [1.807, 2.05) is 43.3 Å². The zero-order chi connectivity index (χ0) is 17.4. The highest BCUT2D eigenvalue weighted by atomic mass is 16.5. The van der Waals surface area contributed by atoms with Crippen LogP contribution in [0.1, 0.15) is 21.5 Å². The lowest BCUT2D eigenvalue weighted by Crippen LogP contribution is -2.37. The number of aryl methyl sites for hydroxylation is 1. The Balaban J connectivity index is 1.71. The molecule has 0 heterocycles. The molecule has 0 unspecified atom stereocenters. The fraction of sp³-hybridized carbons (Fsp3) is 0.263. The molecule has 0 saturated heterocycles. The Bertz CT molecular complexity index is 696. The van der Waals surface area contributed by atoms with Gasteiger partial charge in [0.25, 0.3) is 5.91 Å². The van der Waals surface area contributed by atoms with E-state index in [1.165, 1.54) is 0 Å². The average Bonchev–Trinajstić information content (AvgIpc) is 2.60. The molecule has 2 rings (SSSR count). The summed E-state index contributed by atoms with van der Waals surface area (Å²) >= 11 is 0. The normalized spacial score (nSPS) is 10.1. The number of methoxy groups -OCH3 is 1. The van der Waals surface area contributed by atoms with Crippen LogP contribution >= 0.6 is 0 Å². The smallest absolute Gasteiger partial charge is 0.251 e. The number of ether oxygens (including phenoxy) is 1. The lowest BCUT2D eigenvalue weighted by atomic mass is 10.1. The first-order valence-corrected chi connectivity index (χ1v) is 7.83. The number of hydrogen-bond acceptors (Lipinski definition) is 3. The molecule has 0 aliphatic carbocycles. The summed E-state index contributed by atoms with van der Waals surface area (Å²) in [5, 5.41) is 5.40. The van der Waals surface area contributed by atoms with Crippen LogP contribution < -0.4 is 15.4 Å². The first kappa shape index (κ1) is 17.5. The second-order valence-electron chi connectivity index (χ2n) is 5.50. The number of carbonyl (C=O) groups excluding carboxylic acids is 2. The number of amides is 2. The molecule has 0 radical (unpaired) electrons. The van der Waals surface area contributed by atoms with Gasteiger partial charge in [-0.1, -0.05) is 29.8 Å². The van der Waals surface area contributed by atoms with E-state index in [9.17, 15) is 9.59 Å². The molecule has 0 spiro atoms. The largest absolute Gasteiger partial charge is 0.497 e. The third-order valence-electron chi connectivity index (χ3n) is 3.59. The molecule has 0 aliphatic rings. The van der Waals surface area contributed by atoms with Crippen molar-refractivity contribution in [3.63, 3.8) is 0 Å². The lowest BCUT2D eigenvalue weighted by molar-refractivity contribution is -0.120. The Morgan fingerprint density at radius 2 is 1.79 bits per heavy atom. The molecular formula is C19H22N2O3. The summed E-state index contributed by atoms with van der Waals surface area (Å²) in [6.45, 7) is 2.43. The van der Waals surface area contributed by atoms with Gasteiger partial charge >= 0.3 is 0 Å². The molecule has 0 aromatic heterocycles. The SMILES string of the molecule is COc1cccc(CCNC(=O)CNC(=O)c2ccc(C)cc2)c1. The van der Waals surface area contributed by atoms with Crippen LogP contribution in [0.15, 0.2) is 48.5 Å². The predicted octanol–water partition coefficient (Wildman–Crippen LogP) is 2.09. The molecule has 0 aliphatic heterocycles. The quantitative estimate of drug-likeness (QED) is 0.819. The Morgan fingerprint density at radius 1 is 1.04 bits per heavy atom. The molecule has 24 heavy (non-hydrogen) atoms. The minimum atomic E-state index is -0.252. The Kier molecular flexibility index (Phi) is 6.37. The fourth-order valence-corrected chi connectivity index (χ4v) is 2.20. The Morgan fingerprint density at radius 3 is 2.50 bits per heavy atom. The van der Waals surface area contributed by atoms with Crippen LogP contribution in [-0.4, -0.2) is 32.0 Å². The molecular weight excluding hydrogens is 304 g/mol. The van der Waals surface area contributed by atoms with Crippen LogP contribution in [0.2, 0.25) is 0 Å². The first-order valence-electron chi connectivity index (χ1n) is 7.83. The fourth-order valence-electron chi connectivity index (χ4n) is 2.20. The van der Waals surface area contributed by atoms with Gasteiger partial charge in [-0.25, -0.2) is 0 Å². The molecule has 2 N–H and O–H groups in total. The van der Waals surface area contributed by atoms with Gasteiger partial charge in [-0.3, -0.25) is 9.59 Å². The van der Waals surface area contributed by atoms with E-state index >= 15 is 0 Å². The van der Waals surface area contributed by atoms with Crippen molar-refractivity contribution in [2.45, 2.75) is 13.3 Å². The van der Waals surface area contributed by atoms with Gasteiger partial charge in [-0.15, -0.1) is 0 Å². The number of carbonyl (C=O) groups is 2. The second kappa shape index (κ2) is 8.72. The minimum Gasteiger partial charge on any atom is -0.497 e. The maximum absolute atomic E-state index is 11.9. The predicted molar refractivity (Wildman–Crippen MR) is 93.2 cm³/mol. The summed E-state index contributed by atoms with van der Waals surface area (Å²) in [6, 6.07) is 14.9. The van der Waals surface area contributed by atoms with Crippen LogP contribution in [0.25, 0.3) is 0 Å². The third kappa shape index (κ3) is 5.43. The number of rotatable bonds is 7. The van der Waals surface area contributed by atoms with Crippen molar-refractivity contribution in [2.24, 2.45) is 0 Å². The third-order valence-corrected chi connectivity index (χ3v) is 3.59. The summed E-state index contributed by atoms with van der Waals surface area (Å²) in [6.07, 6.45) is 0.703. The molecule has 0 atom stereocenters. The average molecular weight is 326 g/mol. The van der Waals surface area contributed by atoms with Gasteiger partial charge in [-0.05, 0) is 43.2 Å². The minimum absolute atomic E-state index is 0.0369. The number of nitrogens with one attached hydrogen (secondary N) is 2. The highest BCUT2D eigenvalue weighted by molar-refractivity contribution is 5.96. The first-order chi connectivity index (χ1) is 11.6. The van der Waals surface area contributed by atoms with Crippen LogP contribution in [0.5, 0.6) is 5.75 Å². The van der Waals surface area contributed by atoms with Crippen molar-refractivity contribution >= 4 is 11.8 Å². The van der Waals surface area contributed by atoms with E-state index in [1.54, 1.807) is 19.2 Å². The zero-order valence-electron chi connectivity index (χ0n) is 14.0. The topological polar surface area (TPSA) is 67.4 Å². The number of hydrogen-bond donors (Lipinski definition) is 2. The van der Waals surface area contributed by atoms with E-state index in [2.05, 4.69) is 10.6 Å². The summed E-state index contributed by atoms with van der Waals surface area (Å²) in [5.74, 6) is 0.334. The van der Waals surface area contributed by atoms with Crippen molar-refractivity contribution in [1.29, 1.82) is 0 Å². The van der Waals surface area contributed by atoms with E-state index in [0.717, 1.165) is 16.9 Å². The summed E-state index contributed by atoms with van der Waals surface area (Å²) in [4.78, 5) is 23.7. The Hall–Kier alpha value is -2.82. The molecule has 2 aromatic rings. The lowest BCUT2D eigenvalue weighted by Gasteiger charge is -2.08. The van der Waals surface area contributed by atoms with Gasteiger partial charge in [0, 0.05) is 12.1 Å². The van der Waals surface area contributed by atoms with E-state index < -0.39 is 0 Å². The highest BCUT2D eigenvalue weighted by Crippen LogP contribution is 2.12. The molecule has 5 heteroatoms. The molecule has 0 fully saturated rings. The van der Waals surface area contributed by atoms with Crippen LogP contribution in [0.4, 0.5) is 0 Å². The molecule has 126 valence electrons. The zero-order valence-corrected chi connectivity index (χ0v) is 14.0. The molecule has 5 nitrogen and oxygen atoms in total. The molecule has 0 saturated carbocycles. The van der Waals surface area contributed by atoms with Crippen LogP contribution in [-0.2, 0) is 11.2 Å². The molecule has 2 amide bonds. The van der Waals surface area contributed by atoms with Crippen molar-refractivity contribution in [3.8, 4) is 5.75 Å². The maximum atomic E-state index is 11.9. The maximum Gasteiger partial charge on any atom is 0.251 e. The van der Waals surface area contributed by atoms with Gasteiger partial charge in [0.2, 0.25) is 5.91 Å². The van der Waals surface area contributed by atoms with Gasteiger partial charge in [-0.2, -0.15) is 0 Å². The Labute approximate surface area is 142 Å². The summed E-state index contributed by atoms with van der Waals surface area (Å²) < 4.78 is 5.16. The van der Waals surface area contributed by atoms with E-state index in [0.29, 0.717) is 18.5 Å². The van der Waals surface area contributed by atoms with Gasteiger partial charge in [0.1, 0.15) is 5.75 Å². The standard InChI is InChI=1S/C19H22N2O3/c1-14-6-8-16(9-7-14)19(23)21-13-18(22)20-11-10-15-4-3-5-17(12-15)24-2/h3-9,12H,10-11,13H2,1-2H3,(H,20,22)(H,21,23). The molecule has 2 aromatic carbocycles. The van der Waals surface area contributed by atoms with Crippen molar-refractivity contribution in [1.82, 2.24) is 10.6 Å². The number of benzene rings is 2. The van der Waals surface area contributed by atoms with Gasteiger partial charge < -0.3 is 15.4 Å².